The molecule has 0 aliphatic rings. The lowest BCUT2D eigenvalue weighted by molar-refractivity contribution is 0.0940. The van der Waals surface area contributed by atoms with Gasteiger partial charge in [0.1, 0.15) is 5.01 Å². The van der Waals surface area contributed by atoms with Crippen molar-refractivity contribution in [2.24, 2.45) is 0 Å². The fraction of sp³-hybridized carbons (Fsp3) is 0.286. The molecule has 1 atom stereocenters. The average Bonchev–Trinajstić information content (AvgIpc) is 2.85. The predicted octanol–water partition coefficient (Wildman–Crippen LogP) is 2.98. The standard InChI is InChI=1S/C14H17N3OS/c1-9-8-19-14(16-9)10(2)17-13(18)11-6-4-5-7-12(11)15-3/h4-8,10,15H,1-3H3,(H,17,18). The summed E-state index contributed by atoms with van der Waals surface area (Å²) in [6.07, 6.45) is 0. The fourth-order valence-electron chi connectivity index (χ4n) is 1.81. The van der Waals surface area contributed by atoms with E-state index in [4.69, 9.17) is 0 Å². The van der Waals surface area contributed by atoms with E-state index in [9.17, 15) is 4.79 Å². The molecule has 0 saturated carbocycles. The molecule has 100 valence electrons. The van der Waals surface area contributed by atoms with E-state index in [2.05, 4.69) is 15.6 Å². The van der Waals surface area contributed by atoms with Crippen LogP contribution < -0.4 is 10.6 Å². The molecule has 1 amide bonds. The number of carbonyl (C=O) groups is 1. The topological polar surface area (TPSA) is 54.0 Å². The van der Waals surface area contributed by atoms with Gasteiger partial charge in [0.25, 0.3) is 5.91 Å². The first-order valence-electron chi connectivity index (χ1n) is 6.11. The minimum absolute atomic E-state index is 0.0869. The number of rotatable bonds is 4. The van der Waals surface area contributed by atoms with Crippen molar-refractivity contribution in [3.8, 4) is 0 Å². The Morgan fingerprint density at radius 3 is 2.74 bits per heavy atom. The number of anilines is 1. The van der Waals surface area contributed by atoms with E-state index in [1.165, 1.54) is 0 Å². The van der Waals surface area contributed by atoms with Crippen LogP contribution in [-0.2, 0) is 0 Å². The van der Waals surface area contributed by atoms with Gasteiger partial charge in [0.2, 0.25) is 0 Å². The monoisotopic (exact) mass is 275 g/mol. The third-order valence-corrected chi connectivity index (χ3v) is 3.94. The molecule has 5 heteroatoms. The number of aryl methyl sites for hydroxylation is 1. The normalized spacial score (nSPS) is 11.9. The molecule has 2 N–H and O–H groups in total. The highest BCUT2D eigenvalue weighted by atomic mass is 32.1. The minimum atomic E-state index is -0.0923. The highest BCUT2D eigenvalue weighted by molar-refractivity contribution is 7.09. The third-order valence-electron chi connectivity index (χ3n) is 2.80. The van der Waals surface area contributed by atoms with Crippen molar-refractivity contribution in [2.45, 2.75) is 19.9 Å². The number of benzene rings is 1. The molecule has 2 rings (SSSR count). The summed E-state index contributed by atoms with van der Waals surface area (Å²) >= 11 is 1.56. The molecule has 1 heterocycles. The summed E-state index contributed by atoms with van der Waals surface area (Å²) in [5.41, 5.74) is 2.45. The molecule has 0 aliphatic heterocycles. The zero-order valence-corrected chi connectivity index (χ0v) is 12.0. The molecular formula is C14H17N3OS. The number of hydrogen-bond donors (Lipinski definition) is 2. The Kier molecular flexibility index (Phi) is 4.16. The van der Waals surface area contributed by atoms with E-state index >= 15 is 0 Å². The van der Waals surface area contributed by atoms with Gasteiger partial charge in [0, 0.05) is 23.8 Å². The van der Waals surface area contributed by atoms with Crippen LogP contribution in [0.25, 0.3) is 0 Å². The van der Waals surface area contributed by atoms with E-state index in [-0.39, 0.29) is 11.9 Å². The number of thiazole rings is 1. The van der Waals surface area contributed by atoms with Crippen molar-refractivity contribution < 1.29 is 4.79 Å². The lowest BCUT2D eigenvalue weighted by Crippen LogP contribution is -2.27. The molecule has 0 bridgehead atoms. The number of nitrogens with zero attached hydrogens (tertiary/aromatic N) is 1. The Morgan fingerprint density at radius 2 is 2.11 bits per heavy atom. The highest BCUT2D eigenvalue weighted by Gasteiger charge is 2.15. The minimum Gasteiger partial charge on any atom is -0.387 e. The van der Waals surface area contributed by atoms with Crippen LogP contribution in [-0.4, -0.2) is 17.9 Å². The Hall–Kier alpha value is -1.88. The van der Waals surface area contributed by atoms with Gasteiger partial charge in [-0.1, -0.05) is 12.1 Å². The van der Waals surface area contributed by atoms with Crippen molar-refractivity contribution in [1.82, 2.24) is 10.3 Å². The summed E-state index contributed by atoms with van der Waals surface area (Å²) in [6.45, 7) is 3.89. The van der Waals surface area contributed by atoms with Crippen molar-refractivity contribution in [1.29, 1.82) is 0 Å². The number of amides is 1. The van der Waals surface area contributed by atoms with Gasteiger partial charge in [-0.05, 0) is 26.0 Å². The fourth-order valence-corrected chi connectivity index (χ4v) is 2.61. The van der Waals surface area contributed by atoms with E-state index in [1.54, 1.807) is 24.5 Å². The molecule has 1 aromatic carbocycles. The lowest BCUT2D eigenvalue weighted by atomic mass is 10.1. The van der Waals surface area contributed by atoms with Crippen LogP contribution >= 0.6 is 11.3 Å². The Labute approximate surface area is 116 Å². The average molecular weight is 275 g/mol. The van der Waals surface area contributed by atoms with Gasteiger partial charge in [0.05, 0.1) is 11.6 Å². The Morgan fingerprint density at radius 1 is 1.37 bits per heavy atom. The number of hydrogen-bond acceptors (Lipinski definition) is 4. The quantitative estimate of drug-likeness (QED) is 0.902. The van der Waals surface area contributed by atoms with E-state index in [1.807, 2.05) is 37.4 Å². The van der Waals surface area contributed by atoms with E-state index < -0.39 is 0 Å². The highest BCUT2D eigenvalue weighted by Crippen LogP contribution is 2.19. The first-order chi connectivity index (χ1) is 9.11. The Bertz CT molecular complexity index is 580. The van der Waals surface area contributed by atoms with Gasteiger partial charge in [-0.2, -0.15) is 0 Å². The summed E-state index contributed by atoms with van der Waals surface area (Å²) in [5.74, 6) is -0.0923. The van der Waals surface area contributed by atoms with E-state index in [0.29, 0.717) is 5.56 Å². The molecule has 1 aromatic heterocycles. The summed E-state index contributed by atoms with van der Waals surface area (Å²) in [5, 5.41) is 8.90. The molecule has 0 aliphatic carbocycles. The SMILES string of the molecule is CNc1ccccc1C(=O)NC(C)c1nc(C)cs1. The first kappa shape index (κ1) is 13.5. The summed E-state index contributed by atoms with van der Waals surface area (Å²) < 4.78 is 0. The third kappa shape index (κ3) is 3.12. The number of para-hydroxylation sites is 1. The maximum Gasteiger partial charge on any atom is 0.253 e. The van der Waals surface area contributed by atoms with E-state index in [0.717, 1.165) is 16.4 Å². The van der Waals surface area contributed by atoms with Crippen LogP contribution in [0.1, 0.15) is 34.0 Å². The molecule has 0 spiro atoms. The van der Waals surface area contributed by atoms with Crippen LogP contribution in [0.4, 0.5) is 5.69 Å². The van der Waals surface area contributed by atoms with Crippen molar-refractivity contribution in [3.05, 3.63) is 45.9 Å². The second-order valence-corrected chi connectivity index (χ2v) is 5.21. The van der Waals surface area contributed by atoms with Gasteiger partial charge in [-0.3, -0.25) is 4.79 Å². The summed E-state index contributed by atoms with van der Waals surface area (Å²) in [4.78, 5) is 16.6. The van der Waals surface area contributed by atoms with Crippen LogP contribution in [0, 0.1) is 6.92 Å². The first-order valence-corrected chi connectivity index (χ1v) is 6.99. The number of aromatic nitrogens is 1. The largest absolute Gasteiger partial charge is 0.387 e. The van der Waals surface area contributed by atoms with Crippen molar-refractivity contribution >= 4 is 22.9 Å². The second-order valence-electron chi connectivity index (χ2n) is 4.32. The van der Waals surface area contributed by atoms with Crippen LogP contribution in [0.5, 0.6) is 0 Å². The molecule has 2 aromatic rings. The van der Waals surface area contributed by atoms with Crippen molar-refractivity contribution in [3.63, 3.8) is 0 Å². The molecule has 19 heavy (non-hydrogen) atoms. The molecule has 0 fully saturated rings. The van der Waals surface area contributed by atoms with Gasteiger partial charge in [-0.25, -0.2) is 4.98 Å². The second kappa shape index (κ2) is 5.84. The van der Waals surface area contributed by atoms with Gasteiger partial charge < -0.3 is 10.6 Å². The molecule has 4 nitrogen and oxygen atoms in total. The number of carbonyl (C=O) groups excluding carboxylic acids is 1. The summed E-state index contributed by atoms with van der Waals surface area (Å²) in [6, 6.07) is 7.36. The lowest BCUT2D eigenvalue weighted by Gasteiger charge is -2.13. The maximum atomic E-state index is 12.2. The van der Waals surface area contributed by atoms with Gasteiger partial charge in [-0.15, -0.1) is 11.3 Å². The molecule has 0 saturated heterocycles. The molecule has 1 unspecified atom stereocenters. The Balaban J connectivity index is 2.12. The van der Waals surface area contributed by atoms with Crippen LogP contribution in [0.2, 0.25) is 0 Å². The van der Waals surface area contributed by atoms with Crippen molar-refractivity contribution in [2.75, 3.05) is 12.4 Å². The zero-order valence-electron chi connectivity index (χ0n) is 11.2. The van der Waals surface area contributed by atoms with Gasteiger partial charge >= 0.3 is 0 Å². The van der Waals surface area contributed by atoms with Crippen LogP contribution in [0.3, 0.4) is 0 Å². The zero-order chi connectivity index (χ0) is 13.8. The summed E-state index contributed by atoms with van der Waals surface area (Å²) in [7, 11) is 1.81. The number of nitrogens with one attached hydrogen (secondary N) is 2. The molecule has 0 radical (unpaired) electrons. The predicted molar refractivity (Wildman–Crippen MR) is 78.7 cm³/mol. The van der Waals surface area contributed by atoms with Crippen LogP contribution in [0.15, 0.2) is 29.6 Å². The molecular weight excluding hydrogens is 258 g/mol. The smallest absolute Gasteiger partial charge is 0.253 e. The maximum absolute atomic E-state index is 12.2. The van der Waals surface area contributed by atoms with Gasteiger partial charge in [0.15, 0.2) is 0 Å².